The van der Waals surface area contributed by atoms with Crippen LogP contribution in [0, 0.1) is 22.7 Å². The Bertz CT molecular complexity index is 640. The summed E-state index contributed by atoms with van der Waals surface area (Å²) in [4.78, 5) is 2.34. The van der Waals surface area contributed by atoms with Crippen molar-refractivity contribution in [1.82, 2.24) is 0 Å². The first-order valence-corrected chi connectivity index (χ1v) is 7.56. The smallest absolute Gasteiger partial charge is 0.201 e. The Balaban J connectivity index is 2.17. The number of nitrogens with two attached hydrogens (primary N) is 1. The van der Waals surface area contributed by atoms with Gasteiger partial charge in [0.1, 0.15) is 11.8 Å². The quantitative estimate of drug-likeness (QED) is 0.438. The zero-order valence-corrected chi connectivity index (χ0v) is 13.5. The molecule has 7 nitrogen and oxygen atoms in total. The van der Waals surface area contributed by atoms with Crippen LogP contribution in [0.4, 0.5) is 11.4 Å². The number of nitriles is 1. The predicted molar refractivity (Wildman–Crippen MR) is 92.2 cm³/mol. The fraction of sp³-hybridized carbons (Fsp3) is 0.438. The zero-order valence-electron chi connectivity index (χ0n) is 13.5. The highest BCUT2D eigenvalue weighted by atomic mass is 16.5. The van der Waals surface area contributed by atoms with Crippen LogP contribution in [0.2, 0.25) is 0 Å². The Kier molecular flexibility index (Phi) is 5.41. The minimum Gasteiger partial charge on any atom is -0.494 e. The molecule has 1 aromatic carbocycles. The molecule has 1 fully saturated rings. The molecule has 0 unspecified atom stereocenters. The summed E-state index contributed by atoms with van der Waals surface area (Å²) in [5, 5.41) is 19.9. The molecule has 1 aliphatic heterocycles. The van der Waals surface area contributed by atoms with Gasteiger partial charge in [0.15, 0.2) is 5.84 Å². The van der Waals surface area contributed by atoms with Gasteiger partial charge in [-0.15, -0.1) is 0 Å². The Morgan fingerprint density at radius 2 is 2.17 bits per heavy atom. The van der Waals surface area contributed by atoms with E-state index in [2.05, 4.69) is 22.4 Å². The third-order valence-electron chi connectivity index (χ3n) is 3.98. The molecule has 122 valence electrons. The normalized spacial score (nSPS) is 15.9. The van der Waals surface area contributed by atoms with Crippen molar-refractivity contribution in [3.8, 4) is 11.8 Å². The number of hydrogen-bond donors (Lipinski definition) is 3. The number of nitrogens with one attached hydrogen (secondary N) is 2. The monoisotopic (exact) mass is 314 g/mol. The largest absolute Gasteiger partial charge is 0.494 e. The Labute approximate surface area is 136 Å². The van der Waals surface area contributed by atoms with E-state index >= 15 is 0 Å². The number of methoxy groups -OCH3 is 1. The minimum atomic E-state index is -0.377. The van der Waals surface area contributed by atoms with Gasteiger partial charge in [-0.05, 0) is 30.9 Å². The summed E-state index contributed by atoms with van der Waals surface area (Å²) >= 11 is 0. The minimum absolute atomic E-state index is 0.166. The molecule has 0 aromatic heterocycles. The molecule has 23 heavy (non-hydrogen) atoms. The topological polar surface area (TPSA) is 111 Å². The number of rotatable bonds is 5. The van der Waals surface area contributed by atoms with Crippen LogP contribution < -0.4 is 20.8 Å². The van der Waals surface area contributed by atoms with Gasteiger partial charge in [-0.1, -0.05) is 6.92 Å². The third kappa shape index (κ3) is 4.13. The molecule has 1 aliphatic rings. The van der Waals surface area contributed by atoms with Gasteiger partial charge in [0, 0.05) is 24.8 Å². The zero-order chi connectivity index (χ0) is 16.8. The van der Waals surface area contributed by atoms with Gasteiger partial charge >= 0.3 is 0 Å². The maximum absolute atomic E-state index is 8.86. The van der Waals surface area contributed by atoms with Crippen LogP contribution in [-0.4, -0.2) is 31.7 Å². The molecule has 2 rings (SSSR count). The van der Waals surface area contributed by atoms with Crippen molar-refractivity contribution in [2.75, 3.05) is 30.5 Å². The van der Waals surface area contributed by atoms with Crippen LogP contribution in [0.1, 0.15) is 19.8 Å². The van der Waals surface area contributed by atoms with E-state index < -0.39 is 0 Å². The summed E-state index contributed by atoms with van der Waals surface area (Å²) < 4.78 is 5.40. The lowest BCUT2D eigenvalue weighted by Crippen LogP contribution is -2.32. The summed E-state index contributed by atoms with van der Waals surface area (Å²) in [6.07, 6.45) is 2.38. The molecule has 0 aliphatic carbocycles. The number of hydrogen-bond acceptors (Lipinski definition) is 6. The summed E-state index contributed by atoms with van der Waals surface area (Å²) in [7, 11) is 1.59. The average molecular weight is 314 g/mol. The first-order chi connectivity index (χ1) is 11.0. The van der Waals surface area contributed by atoms with E-state index in [-0.39, 0.29) is 11.5 Å². The lowest BCUT2D eigenvalue weighted by molar-refractivity contribution is 0.415. The van der Waals surface area contributed by atoms with Gasteiger partial charge in [0.2, 0.25) is 5.71 Å². The number of anilines is 2. The number of ether oxygens (including phenoxy) is 1. The highest BCUT2D eigenvalue weighted by molar-refractivity contribution is 6.45. The Morgan fingerprint density at radius 1 is 1.48 bits per heavy atom. The van der Waals surface area contributed by atoms with Crippen LogP contribution in [-0.2, 0) is 0 Å². The first-order valence-electron chi connectivity index (χ1n) is 7.56. The molecule has 0 atom stereocenters. The fourth-order valence-corrected chi connectivity index (χ4v) is 2.50. The number of benzene rings is 1. The van der Waals surface area contributed by atoms with Crippen molar-refractivity contribution in [2.24, 2.45) is 16.8 Å². The summed E-state index contributed by atoms with van der Waals surface area (Å²) in [5.41, 5.74) is 9.56. The summed E-state index contributed by atoms with van der Waals surface area (Å²) in [6.45, 7) is 4.36. The first kappa shape index (κ1) is 16.6. The molecule has 0 bridgehead atoms. The third-order valence-corrected chi connectivity index (χ3v) is 3.98. The molecule has 1 heterocycles. The molecule has 1 aromatic rings. The van der Waals surface area contributed by atoms with E-state index in [0.29, 0.717) is 11.4 Å². The molecule has 4 N–H and O–H groups in total. The van der Waals surface area contributed by atoms with Crippen molar-refractivity contribution < 1.29 is 4.74 Å². The number of piperidine rings is 1. The van der Waals surface area contributed by atoms with Crippen LogP contribution in [0.3, 0.4) is 0 Å². The van der Waals surface area contributed by atoms with Crippen molar-refractivity contribution in [3.63, 3.8) is 0 Å². The highest BCUT2D eigenvalue weighted by Gasteiger charge is 2.17. The standard InChI is InChI=1S/C16H22N6O/c1-11-5-7-22(8-6-11)12-3-4-13(15(9-12)23-2)20-21-14(10-17)16(18)19/h3-4,9,11,20H,5-8H2,1-2H3,(H3,18,19)/b21-14+. The Hall–Kier alpha value is -2.75. The van der Waals surface area contributed by atoms with E-state index in [1.807, 2.05) is 18.2 Å². The SMILES string of the molecule is COc1cc(N2CCC(C)CC2)ccc1N/N=C(\C#N)C(=N)N. The predicted octanol–water partition coefficient (Wildman–Crippen LogP) is 2.16. The highest BCUT2D eigenvalue weighted by Crippen LogP contribution is 2.31. The second kappa shape index (κ2) is 7.49. The molecule has 1 saturated heterocycles. The van der Waals surface area contributed by atoms with Gasteiger partial charge in [-0.2, -0.15) is 10.4 Å². The van der Waals surface area contributed by atoms with Crippen molar-refractivity contribution >= 4 is 22.9 Å². The van der Waals surface area contributed by atoms with E-state index in [9.17, 15) is 0 Å². The second-order valence-electron chi connectivity index (χ2n) is 5.65. The van der Waals surface area contributed by atoms with E-state index in [0.717, 1.165) is 24.7 Å². The lowest BCUT2D eigenvalue weighted by Gasteiger charge is -2.32. The van der Waals surface area contributed by atoms with Crippen LogP contribution in [0.25, 0.3) is 0 Å². The van der Waals surface area contributed by atoms with Crippen molar-refractivity contribution in [3.05, 3.63) is 18.2 Å². The van der Waals surface area contributed by atoms with Gasteiger partial charge in [0.05, 0.1) is 12.8 Å². The van der Waals surface area contributed by atoms with Crippen LogP contribution >= 0.6 is 0 Å². The van der Waals surface area contributed by atoms with Gasteiger partial charge < -0.3 is 15.4 Å². The molecule has 0 saturated carbocycles. The maximum Gasteiger partial charge on any atom is 0.201 e. The molecule has 0 radical (unpaired) electrons. The maximum atomic E-state index is 8.86. The molecular formula is C16H22N6O. The van der Waals surface area contributed by atoms with Gasteiger partial charge in [-0.3, -0.25) is 10.8 Å². The molecule has 0 spiro atoms. The average Bonchev–Trinajstić information content (AvgIpc) is 2.56. The molecular weight excluding hydrogens is 292 g/mol. The Morgan fingerprint density at radius 3 is 2.74 bits per heavy atom. The summed E-state index contributed by atoms with van der Waals surface area (Å²) in [5.74, 6) is 1.03. The number of amidine groups is 1. The van der Waals surface area contributed by atoms with Gasteiger partial charge in [0.25, 0.3) is 0 Å². The molecule has 0 amide bonds. The summed E-state index contributed by atoms with van der Waals surface area (Å²) in [6, 6.07) is 7.57. The van der Waals surface area contributed by atoms with Gasteiger partial charge in [-0.25, -0.2) is 0 Å². The second-order valence-corrected chi connectivity index (χ2v) is 5.65. The van der Waals surface area contributed by atoms with E-state index in [1.165, 1.54) is 12.8 Å². The molecule has 7 heteroatoms. The van der Waals surface area contributed by atoms with Crippen molar-refractivity contribution in [1.29, 1.82) is 10.7 Å². The van der Waals surface area contributed by atoms with Crippen molar-refractivity contribution in [2.45, 2.75) is 19.8 Å². The fourth-order valence-electron chi connectivity index (χ4n) is 2.50. The number of nitrogens with zero attached hydrogens (tertiary/aromatic N) is 3. The van der Waals surface area contributed by atoms with E-state index in [4.69, 9.17) is 21.1 Å². The lowest BCUT2D eigenvalue weighted by atomic mass is 9.99. The number of hydrazone groups is 1. The van der Waals surface area contributed by atoms with Crippen LogP contribution in [0.5, 0.6) is 5.75 Å². The van der Waals surface area contributed by atoms with Crippen LogP contribution in [0.15, 0.2) is 23.3 Å². The van der Waals surface area contributed by atoms with E-state index in [1.54, 1.807) is 13.2 Å².